The topological polar surface area (TPSA) is 158 Å². The van der Waals surface area contributed by atoms with E-state index in [1.54, 1.807) is 18.7 Å². The Morgan fingerprint density at radius 3 is 1.13 bits per heavy atom. The molecule has 224 valence electrons. The molecule has 4 fully saturated rings. The number of morpholine rings is 2. The van der Waals surface area contributed by atoms with Crippen LogP contribution >= 0.6 is 0 Å². The first-order valence-corrected chi connectivity index (χ1v) is 16.5. The highest BCUT2D eigenvalue weighted by atomic mass is 32.2. The molecule has 0 aromatic rings. The summed E-state index contributed by atoms with van der Waals surface area (Å²) >= 11 is 0. The van der Waals surface area contributed by atoms with E-state index in [-0.39, 0.29) is 11.8 Å². The van der Waals surface area contributed by atoms with E-state index in [0.29, 0.717) is 52.6 Å². The maximum Gasteiger partial charge on any atom is 0.219 e. The number of carbonyl (C=O) groups excluding carboxylic acids is 2. The van der Waals surface area contributed by atoms with Gasteiger partial charge in [0.05, 0.1) is 38.9 Å². The second kappa shape index (κ2) is 18.0. The fraction of sp³-hybridized carbons (Fsp3) is 0.909. The van der Waals surface area contributed by atoms with Gasteiger partial charge in [0.25, 0.3) is 0 Å². The number of rotatable bonds is 2. The highest BCUT2D eigenvalue weighted by Gasteiger charge is 2.19. The summed E-state index contributed by atoms with van der Waals surface area (Å²) in [4.78, 5) is 25.0. The van der Waals surface area contributed by atoms with Crippen LogP contribution in [0.5, 0.6) is 0 Å². The SMILES string of the molecule is CC(=O)N1CCNCC1.CC(=O)N1CCOCC1.CS(=O)(=O)N1CCNCC1.CS(=O)(=O)N1CCOCC1. The van der Waals surface area contributed by atoms with Crippen LogP contribution in [0.2, 0.25) is 0 Å². The molecule has 0 aromatic heterocycles. The second-order valence-electron chi connectivity index (χ2n) is 9.06. The third-order valence-corrected chi connectivity index (χ3v) is 8.61. The maximum absolute atomic E-state index is 10.9. The van der Waals surface area contributed by atoms with Gasteiger partial charge in [-0.3, -0.25) is 9.59 Å². The Morgan fingerprint density at radius 2 is 0.868 bits per heavy atom. The molecule has 0 saturated carbocycles. The Hall–Kier alpha value is -1.40. The molecular weight excluding hydrogens is 540 g/mol. The van der Waals surface area contributed by atoms with E-state index in [1.807, 2.05) is 4.90 Å². The van der Waals surface area contributed by atoms with Crippen LogP contribution in [0.1, 0.15) is 13.8 Å². The normalized spacial score (nSPS) is 21.5. The van der Waals surface area contributed by atoms with Crippen LogP contribution < -0.4 is 10.6 Å². The minimum Gasteiger partial charge on any atom is -0.379 e. The lowest BCUT2D eigenvalue weighted by molar-refractivity contribution is -0.132. The fourth-order valence-corrected chi connectivity index (χ4v) is 5.37. The van der Waals surface area contributed by atoms with Gasteiger partial charge in [-0.2, -0.15) is 8.61 Å². The van der Waals surface area contributed by atoms with Crippen LogP contribution in [0.25, 0.3) is 0 Å². The minimum absolute atomic E-state index is 0.151. The summed E-state index contributed by atoms with van der Waals surface area (Å²) in [5, 5.41) is 6.26. The summed E-state index contributed by atoms with van der Waals surface area (Å²) in [6, 6.07) is 0. The van der Waals surface area contributed by atoms with Gasteiger partial charge < -0.3 is 29.9 Å². The van der Waals surface area contributed by atoms with Crippen LogP contribution in [0.4, 0.5) is 0 Å². The molecule has 2 amide bonds. The Balaban J connectivity index is 0.000000254. The number of carbonyl (C=O) groups is 2. The molecule has 0 bridgehead atoms. The first-order valence-electron chi connectivity index (χ1n) is 12.8. The Kier molecular flexibility index (Phi) is 16.4. The van der Waals surface area contributed by atoms with Crippen molar-refractivity contribution in [2.24, 2.45) is 0 Å². The molecule has 0 spiro atoms. The summed E-state index contributed by atoms with van der Waals surface area (Å²) in [6.07, 6.45) is 2.47. The molecule has 38 heavy (non-hydrogen) atoms. The molecule has 16 heteroatoms. The number of piperazine rings is 2. The number of hydrogen-bond acceptors (Lipinski definition) is 10. The number of ether oxygens (including phenoxy) is 2. The minimum atomic E-state index is -2.97. The van der Waals surface area contributed by atoms with Crippen molar-refractivity contribution in [3.8, 4) is 0 Å². The maximum atomic E-state index is 10.9. The molecule has 14 nitrogen and oxygen atoms in total. The molecule has 0 aliphatic carbocycles. The summed E-state index contributed by atoms with van der Waals surface area (Å²) in [5.41, 5.74) is 0. The Labute approximate surface area is 228 Å². The van der Waals surface area contributed by atoms with Crippen LogP contribution in [-0.2, 0) is 39.1 Å². The van der Waals surface area contributed by atoms with Gasteiger partial charge in [-0.25, -0.2) is 16.8 Å². The zero-order valence-corrected chi connectivity index (χ0v) is 24.8. The van der Waals surface area contributed by atoms with E-state index in [4.69, 9.17) is 9.47 Å². The molecule has 0 atom stereocenters. The lowest BCUT2D eigenvalue weighted by Gasteiger charge is -2.25. The standard InChI is InChI=1S/C6H12N2O.C6H11NO2.C5H12N2O2S.C5H11NO3S/c1-6(9)8-4-2-7-3-5-8;1-6(8)7-2-4-9-5-3-7;1-10(8,9)7-4-2-6-3-5-7;1-10(7,8)6-2-4-9-5-3-6/h7H,2-5H2,1H3;2-5H2,1H3;6H,2-5H2,1H3;2-5H2,1H3. The lowest BCUT2D eigenvalue weighted by Crippen LogP contribution is -2.45. The predicted octanol–water partition coefficient (Wildman–Crippen LogP) is -2.57. The van der Waals surface area contributed by atoms with E-state index in [2.05, 4.69) is 10.6 Å². The van der Waals surface area contributed by atoms with Gasteiger partial charge in [-0.15, -0.1) is 0 Å². The lowest BCUT2D eigenvalue weighted by atomic mass is 10.4. The molecule has 4 saturated heterocycles. The molecule has 4 heterocycles. The van der Waals surface area contributed by atoms with Crippen molar-refractivity contribution >= 4 is 31.9 Å². The molecule has 0 unspecified atom stereocenters. The quantitative estimate of drug-likeness (QED) is 0.352. The van der Waals surface area contributed by atoms with Gasteiger partial charge in [0.2, 0.25) is 31.9 Å². The fourth-order valence-electron chi connectivity index (χ4n) is 3.71. The summed E-state index contributed by atoms with van der Waals surface area (Å²) in [6.45, 7) is 14.5. The molecule has 4 aliphatic rings. The summed E-state index contributed by atoms with van der Waals surface area (Å²) in [7, 11) is -5.91. The van der Waals surface area contributed by atoms with Crippen LogP contribution in [0.3, 0.4) is 0 Å². The van der Waals surface area contributed by atoms with Crippen molar-refractivity contribution in [2.75, 3.05) is 117 Å². The third-order valence-electron chi connectivity index (χ3n) is 6.00. The van der Waals surface area contributed by atoms with E-state index in [1.165, 1.54) is 21.1 Å². The summed E-state index contributed by atoms with van der Waals surface area (Å²) in [5.74, 6) is 0.342. The van der Waals surface area contributed by atoms with E-state index in [9.17, 15) is 26.4 Å². The molecule has 0 radical (unpaired) electrons. The number of hydrogen-bond donors (Lipinski definition) is 2. The Bertz CT molecular complexity index is 821. The van der Waals surface area contributed by atoms with E-state index in [0.717, 1.165) is 52.4 Å². The number of nitrogens with one attached hydrogen (secondary N) is 2. The molecule has 4 rings (SSSR count). The zero-order chi connectivity index (χ0) is 28.6. The molecular formula is C22H46N6O8S2. The van der Waals surface area contributed by atoms with Crippen LogP contribution in [0.15, 0.2) is 0 Å². The number of sulfonamides is 2. The van der Waals surface area contributed by atoms with Crippen molar-refractivity contribution in [1.82, 2.24) is 29.0 Å². The van der Waals surface area contributed by atoms with E-state index < -0.39 is 20.0 Å². The molecule has 2 N–H and O–H groups in total. The van der Waals surface area contributed by atoms with Gasteiger partial charge in [0.15, 0.2) is 0 Å². The van der Waals surface area contributed by atoms with Crippen molar-refractivity contribution in [3.63, 3.8) is 0 Å². The van der Waals surface area contributed by atoms with Crippen molar-refractivity contribution in [1.29, 1.82) is 0 Å². The Morgan fingerprint density at radius 1 is 0.553 bits per heavy atom. The van der Waals surface area contributed by atoms with E-state index >= 15 is 0 Å². The van der Waals surface area contributed by atoms with Crippen molar-refractivity contribution < 1.29 is 35.9 Å². The first kappa shape index (κ1) is 34.6. The van der Waals surface area contributed by atoms with Gasteiger partial charge in [0, 0.05) is 92.4 Å². The predicted molar refractivity (Wildman–Crippen MR) is 145 cm³/mol. The molecule has 0 aromatic carbocycles. The van der Waals surface area contributed by atoms with Gasteiger partial charge in [-0.1, -0.05) is 0 Å². The van der Waals surface area contributed by atoms with Crippen LogP contribution in [0, 0.1) is 0 Å². The number of amides is 2. The van der Waals surface area contributed by atoms with Gasteiger partial charge in [-0.05, 0) is 0 Å². The second-order valence-corrected chi connectivity index (χ2v) is 13.0. The highest BCUT2D eigenvalue weighted by Crippen LogP contribution is 2.01. The summed E-state index contributed by atoms with van der Waals surface area (Å²) < 4.78 is 56.4. The third kappa shape index (κ3) is 15.3. The van der Waals surface area contributed by atoms with Gasteiger partial charge >= 0.3 is 0 Å². The van der Waals surface area contributed by atoms with Crippen molar-refractivity contribution in [3.05, 3.63) is 0 Å². The van der Waals surface area contributed by atoms with Gasteiger partial charge in [0.1, 0.15) is 0 Å². The average Bonchev–Trinajstić information content (AvgIpc) is 2.91. The largest absolute Gasteiger partial charge is 0.379 e. The smallest absolute Gasteiger partial charge is 0.219 e. The zero-order valence-electron chi connectivity index (χ0n) is 23.2. The first-order chi connectivity index (χ1) is 17.8. The average molecular weight is 587 g/mol. The monoisotopic (exact) mass is 586 g/mol. The van der Waals surface area contributed by atoms with Crippen molar-refractivity contribution in [2.45, 2.75) is 13.8 Å². The number of nitrogens with zero attached hydrogens (tertiary/aromatic N) is 4. The van der Waals surface area contributed by atoms with Crippen LogP contribution in [-0.4, -0.2) is 165 Å². The molecule has 4 aliphatic heterocycles. The highest BCUT2D eigenvalue weighted by molar-refractivity contribution is 7.88.